The molecule has 3 aromatic rings. The zero-order valence-corrected chi connectivity index (χ0v) is 16.8. The number of fused-ring (bicyclic) bond motifs is 1. The SMILES string of the molecule is CCOc1ccccc1NC(=O)[C@@H](C)OC(=O)CCn1ncc(=O)c2ccccc21. The number of aryl methyl sites for hydroxylation is 1. The second-order valence-electron chi connectivity index (χ2n) is 6.55. The Morgan fingerprint density at radius 2 is 1.87 bits per heavy atom. The lowest BCUT2D eigenvalue weighted by molar-refractivity contribution is -0.153. The van der Waals surface area contributed by atoms with Gasteiger partial charge in [-0.15, -0.1) is 0 Å². The number of anilines is 1. The molecule has 8 heteroatoms. The molecule has 0 spiro atoms. The molecule has 1 atom stereocenters. The van der Waals surface area contributed by atoms with Crippen LogP contribution in [0.15, 0.2) is 59.5 Å². The van der Waals surface area contributed by atoms with E-state index in [9.17, 15) is 14.4 Å². The number of aromatic nitrogens is 2. The first-order valence-electron chi connectivity index (χ1n) is 9.66. The van der Waals surface area contributed by atoms with Crippen LogP contribution in [-0.2, 0) is 20.9 Å². The van der Waals surface area contributed by atoms with Crippen LogP contribution >= 0.6 is 0 Å². The number of carbonyl (C=O) groups excluding carboxylic acids is 2. The Balaban J connectivity index is 1.58. The van der Waals surface area contributed by atoms with Gasteiger partial charge in [-0.1, -0.05) is 24.3 Å². The van der Waals surface area contributed by atoms with Crippen LogP contribution in [0.3, 0.4) is 0 Å². The van der Waals surface area contributed by atoms with Gasteiger partial charge in [0.25, 0.3) is 5.91 Å². The first kappa shape index (κ1) is 21.0. The Morgan fingerprint density at radius 3 is 2.67 bits per heavy atom. The van der Waals surface area contributed by atoms with Gasteiger partial charge in [-0.2, -0.15) is 5.10 Å². The molecule has 0 unspecified atom stereocenters. The summed E-state index contributed by atoms with van der Waals surface area (Å²) in [5, 5.41) is 7.32. The summed E-state index contributed by atoms with van der Waals surface area (Å²) in [4.78, 5) is 36.5. The van der Waals surface area contributed by atoms with Gasteiger partial charge in [-0.3, -0.25) is 19.1 Å². The largest absolute Gasteiger partial charge is 0.492 e. The summed E-state index contributed by atoms with van der Waals surface area (Å²) < 4.78 is 12.3. The molecule has 1 aromatic heterocycles. The smallest absolute Gasteiger partial charge is 0.308 e. The predicted octanol–water partition coefficient (Wildman–Crippen LogP) is 2.76. The highest BCUT2D eigenvalue weighted by atomic mass is 16.5. The van der Waals surface area contributed by atoms with Crippen molar-refractivity contribution in [2.45, 2.75) is 32.9 Å². The Hall–Kier alpha value is -3.68. The highest BCUT2D eigenvalue weighted by molar-refractivity contribution is 5.96. The summed E-state index contributed by atoms with van der Waals surface area (Å²) in [6, 6.07) is 14.1. The van der Waals surface area contributed by atoms with E-state index in [1.807, 2.05) is 6.92 Å². The molecule has 1 N–H and O–H groups in total. The molecule has 0 saturated carbocycles. The molecular weight excluding hydrogens is 386 g/mol. The van der Waals surface area contributed by atoms with Crippen LogP contribution in [0.1, 0.15) is 20.3 Å². The van der Waals surface area contributed by atoms with Crippen molar-refractivity contribution in [1.29, 1.82) is 0 Å². The van der Waals surface area contributed by atoms with Crippen molar-refractivity contribution in [2.75, 3.05) is 11.9 Å². The van der Waals surface area contributed by atoms with E-state index in [1.54, 1.807) is 53.2 Å². The van der Waals surface area contributed by atoms with Gasteiger partial charge in [-0.05, 0) is 38.1 Å². The predicted molar refractivity (Wildman–Crippen MR) is 112 cm³/mol. The third-order valence-electron chi connectivity index (χ3n) is 4.41. The molecule has 3 rings (SSSR count). The van der Waals surface area contributed by atoms with Gasteiger partial charge in [0, 0.05) is 5.39 Å². The number of ether oxygens (including phenoxy) is 2. The number of rotatable bonds is 8. The Bertz CT molecular complexity index is 1110. The van der Waals surface area contributed by atoms with E-state index >= 15 is 0 Å². The fourth-order valence-electron chi connectivity index (χ4n) is 2.93. The molecule has 8 nitrogen and oxygen atoms in total. The van der Waals surface area contributed by atoms with Gasteiger partial charge >= 0.3 is 5.97 Å². The normalized spacial score (nSPS) is 11.7. The van der Waals surface area contributed by atoms with Crippen molar-refractivity contribution < 1.29 is 19.1 Å². The zero-order valence-electron chi connectivity index (χ0n) is 16.8. The Morgan fingerprint density at radius 1 is 1.13 bits per heavy atom. The van der Waals surface area contributed by atoms with Crippen molar-refractivity contribution in [1.82, 2.24) is 9.78 Å². The van der Waals surface area contributed by atoms with Crippen LogP contribution in [0, 0.1) is 0 Å². The Labute approximate surface area is 173 Å². The van der Waals surface area contributed by atoms with Crippen molar-refractivity contribution in [3.8, 4) is 5.75 Å². The number of nitrogens with zero attached hydrogens (tertiary/aromatic N) is 2. The van der Waals surface area contributed by atoms with E-state index in [4.69, 9.17) is 9.47 Å². The Kier molecular flexibility index (Phi) is 6.79. The number of carbonyl (C=O) groups is 2. The fourth-order valence-corrected chi connectivity index (χ4v) is 2.93. The molecule has 0 bridgehead atoms. The van der Waals surface area contributed by atoms with Gasteiger partial charge in [-0.25, -0.2) is 0 Å². The molecule has 1 heterocycles. The lowest BCUT2D eigenvalue weighted by Crippen LogP contribution is -2.30. The maximum atomic E-state index is 12.4. The second-order valence-corrected chi connectivity index (χ2v) is 6.55. The van der Waals surface area contributed by atoms with Gasteiger partial charge in [0.15, 0.2) is 6.10 Å². The third-order valence-corrected chi connectivity index (χ3v) is 4.41. The molecule has 156 valence electrons. The summed E-state index contributed by atoms with van der Waals surface area (Å²) in [5.41, 5.74) is 0.967. The van der Waals surface area contributed by atoms with E-state index in [-0.39, 0.29) is 18.4 Å². The van der Waals surface area contributed by atoms with Crippen LogP contribution in [0.5, 0.6) is 5.75 Å². The van der Waals surface area contributed by atoms with Gasteiger partial charge in [0.05, 0.1) is 37.0 Å². The molecule has 0 radical (unpaired) electrons. The third kappa shape index (κ3) is 5.02. The van der Waals surface area contributed by atoms with Crippen LogP contribution in [0.25, 0.3) is 10.9 Å². The molecule has 0 saturated heterocycles. The maximum absolute atomic E-state index is 12.4. The number of esters is 1. The van der Waals surface area contributed by atoms with E-state index < -0.39 is 18.0 Å². The second kappa shape index (κ2) is 9.69. The summed E-state index contributed by atoms with van der Waals surface area (Å²) in [7, 11) is 0. The average molecular weight is 409 g/mol. The molecule has 1 amide bonds. The topological polar surface area (TPSA) is 99.5 Å². The minimum Gasteiger partial charge on any atom is -0.492 e. The molecule has 0 aliphatic carbocycles. The molecule has 0 aliphatic heterocycles. The van der Waals surface area contributed by atoms with Gasteiger partial charge in [0.1, 0.15) is 5.75 Å². The zero-order chi connectivity index (χ0) is 21.5. The molecule has 0 fully saturated rings. The maximum Gasteiger partial charge on any atom is 0.308 e. The van der Waals surface area contributed by atoms with Crippen LogP contribution < -0.4 is 15.5 Å². The van der Waals surface area contributed by atoms with Crippen molar-refractivity contribution in [3.63, 3.8) is 0 Å². The first-order chi connectivity index (χ1) is 14.5. The number of para-hydroxylation sites is 3. The first-order valence-corrected chi connectivity index (χ1v) is 9.66. The van der Waals surface area contributed by atoms with E-state index in [1.165, 1.54) is 13.1 Å². The van der Waals surface area contributed by atoms with Crippen molar-refractivity contribution in [2.24, 2.45) is 0 Å². The molecule has 0 aliphatic rings. The number of benzene rings is 2. The number of hydrogen-bond donors (Lipinski definition) is 1. The van der Waals surface area contributed by atoms with E-state index in [0.717, 1.165) is 0 Å². The molecular formula is C22H23N3O5. The van der Waals surface area contributed by atoms with Crippen molar-refractivity contribution >= 4 is 28.5 Å². The average Bonchev–Trinajstić information content (AvgIpc) is 2.75. The lowest BCUT2D eigenvalue weighted by atomic mass is 10.2. The van der Waals surface area contributed by atoms with Crippen LogP contribution in [-0.4, -0.2) is 34.4 Å². The van der Waals surface area contributed by atoms with Gasteiger partial charge in [0.2, 0.25) is 5.43 Å². The highest BCUT2D eigenvalue weighted by Crippen LogP contribution is 2.24. The number of amides is 1. The number of nitrogens with one attached hydrogen (secondary N) is 1. The summed E-state index contributed by atoms with van der Waals surface area (Å²) in [5.74, 6) is -0.453. The minimum absolute atomic E-state index is 0.00696. The van der Waals surface area contributed by atoms with Gasteiger partial charge < -0.3 is 14.8 Å². The monoisotopic (exact) mass is 409 g/mol. The summed E-state index contributed by atoms with van der Waals surface area (Å²) in [6.07, 6.45) is 0.248. The summed E-state index contributed by atoms with van der Waals surface area (Å²) >= 11 is 0. The fraction of sp³-hybridized carbons (Fsp3) is 0.273. The summed E-state index contributed by atoms with van der Waals surface area (Å²) in [6.45, 7) is 4.04. The standard InChI is InChI=1S/C22H23N3O5/c1-3-29-20-11-7-5-9-17(20)24-22(28)15(2)30-21(27)12-13-25-18-10-6-4-8-16(18)19(26)14-23-25/h4-11,14-15H,3,12-13H2,1-2H3,(H,24,28)/t15-/m1/s1. The van der Waals surface area contributed by atoms with E-state index in [0.29, 0.717) is 28.9 Å². The van der Waals surface area contributed by atoms with Crippen LogP contribution in [0.4, 0.5) is 5.69 Å². The number of hydrogen-bond acceptors (Lipinski definition) is 6. The lowest BCUT2D eigenvalue weighted by Gasteiger charge is -2.16. The van der Waals surface area contributed by atoms with Crippen molar-refractivity contribution in [3.05, 3.63) is 65.0 Å². The van der Waals surface area contributed by atoms with E-state index in [2.05, 4.69) is 10.4 Å². The van der Waals surface area contributed by atoms with Crippen LogP contribution in [0.2, 0.25) is 0 Å². The highest BCUT2D eigenvalue weighted by Gasteiger charge is 2.19. The minimum atomic E-state index is -0.981. The molecule has 2 aromatic carbocycles. The molecule has 30 heavy (non-hydrogen) atoms. The quantitative estimate of drug-likeness (QED) is 0.575.